The summed E-state index contributed by atoms with van der Waals surface area (Å²) in [6, 6.07) is 16.1. The van der Waals surface area contributed by atoms with E-state index in [0.717, 1.165) is 23.2 Å². The molecule has 1 saturated carbocycles. The van der Waals surface area contributed by atoms with E-state index in [1.54, 1.807) is 18.3 Å². The van der Waals surface area contributed by atoms with Crippen molar-refractivity contribution < 1.29 is 30.7 Å². The van der Waals surface area contributed by atoms with Crippen molar-refractivity contribution in [1.29, 1.82) is 0 Å². The predicted molar refractivity (Wildman–Crippen MR) is 136 cm³/mol. The summed E-state index contributed by atoms with van der Waals surface area (Å²) < 4.78 is 0. The topological polar surface area (TPSA) is 58.9 Å². The van der Waals surface area contributed by atoms with Gasteiger partial charge in [0.05, 0.1) is 11.4 Å². The van der Waals surface area contributed by atoms with Gasteiger partial charge in [-0.1, -0.05) is 60.0 Å². The molecule has 1 fully saturated rings. The van der Waals surface area contributed by atoms with E-state index in [1.165, 1.54) is 24.0 Å². The molecule has 171 valence electrons. The molecule has 2 aliphatic carbocycles. The molecule has 4 rings (SSSR count). The molecule has 2 aromatic carbocycles. The van der Waals surface area contributed by atoms with Crippen molar-refractivity contribution in [2.75, 3.05) is 0 Å². The second-order valence-corrected chi connectivity index (χ2v) is 7.57. The third-order valence-electron chi connectivity index (χ3n) is 5.27. The van der Waals surface area contributed by atoms with Crippen LogP contribution >= 0.6 is 0 Å². The van der Waals surface area contributed by atoms with E-state index >= 15 is 0 Å². The van der Waals surface area contributed by atoms with E-state index in [1.807, 2.05) is 48.5 Å². The van der Waals surface area contributed by atoms with Crippen molar-refractivity contribution in [3.05, 3.63) is 89.9 Å². The van der Waals surface area contributed by atoms with Gasteiger partial charge in [-0.2, -0.15) is 13.3 Å². The van der Waals surface area contributed by atoms with Crippen molar-refractivity contribution in [2.24, 2.45) is 21.8 Å². The minimum Gasteiger partial charge on any atom is -0.545 e. The molecule has 2 aromatic rings. The molecule has 0 heterocycles. The van der Waals surface area contributed by atoms with Gasteiger partial charge in [0.2, 0.25) is 0 Å². The molecule has 0 spiro atoms. The zero-order chi connectivity index (χ0) is 23.8. The first-order valence-corrected chi connectivity index (χ1v) is 10.5. The smallest absolute Gasteiger partial charge is 0.545 e. The van der Waals surface area contributed by atoms with Crippen molar-refractivity contribution in [3.8, 4) is 0 Å². The second kappa shape index (κ2) is 17.8. The number of aliphatic imine (C=N–C) groups is 2. The van der Waals surface area contributed by atoms with Crippen LogP contribution in [0.2, 0.25) is 0 Å². The maximum Gasteiger partial charge on any atom is 3.00 e. The van der Waals surface area contributed by atoms with E-state index in [0.29, 0.717) is 0 Å². The van der Waals surface area contributed by atoms with Gasteiger partial charge < -0.3 is 15.5 Å². The van der Waals surface area contributed by atoms with Gasteiger partial charge >= 0.3 is 21.1 Å². The Morgan fingerprint density at radius 2 is 1.21 bits per heavy atom. The van der Waals surface area contributed by atoms with E-state index in [-0.39, 0.29) is 21.1 Å². The number of hydrogen-bond donors (Lipinski definition) is 0. The Morgan fingerprint density at radius 3 is 1.64 bits per heavy atom. The number of nitrogens with zero attached hydrogens (tertiary/aromatic N) is 2. The molecule has 33 heavy (non-hydrogen) atoms. The largest absolute Gasteiger partial charge is 3.00 e. The fourth-order valence-corrected chi connectivity index (χ4v) is 3.52. The van der Waals surface area contributed by atoms with Gasteiger partial charge in [-0.15, -0.1) is 12.0 Å². The van der Waals surface area contributed by atoms with E-state index < -0.39 is 0 Å². The third kappa shape index (κ3) is 11.1. The number of hydrogen-bond acceptors (Lipinski definition) is 4. The van der Waals surface area contributed by atoms with Crippen LogP contribution in [0.3, 0.4) is 0 Å². The molecular formula is C28H31MoN2O2. The second-order valence-electron chi connectivity index (χ2n) is 7.57. The van der Waals surface area contributed by atoms with Gasteiger partial charge in [0, 0.05) is 12.4 Å². The summed E-state index contributed by atoms with van der Waals surface area (Å²) in [5.74, 6) is 3.29. The first kappa shape index (κ1) is 30.3. The first-order chi connectivity index (χ1) is 15.6. The molecule has 0 N–H and O–H groups in total. The van der Waals surface area contributed by atoms with Crippen molar-refractivity contribution in [2.45, 2.75) is 33.6 Å². The summed E-state index contributed by atoms with van der Waals surface area (Å²) in [4.78, 5) is 24.1. The Kier molecular flexibility index (Phi) is 16.3. The fourth-order valence-electron chi connectivity index (χ4n) is 3.52. The van der Waals surface area contributed by atoms with Crippen LogP contribution in [-0.2, 0) is 30.7 Å². The van der Waals surface area contributed by atoms with Gasteiger partial charge in [0.1, 0.15) is 0 Å². The van der Waals surface area contributed by atoms with Crippen LogP contribution < -0.4 is 0 Å². The van der Waals surface area contributed by atoms with Crippen LogP contribution in [0.15, 0.2) is 82.8 Å². The molecule has 1 unspecified atom stereocenters. The van der Waals surface area contributed by atoms with Crippen molar-refractivity contribution >= 4 is 37.4 Å². The zero-order valence-electron chi connectivity index (χ0n) is 19.4. The third-order valence-corrected chi connectivity index (χ3v) is 5.27. The first-order valence-electron chi connectivity index (χ1n) is 10.5. The Labute approximate surface area is 212 Å². The summed E-state index contributed by atoms with van der Waals surface area (Å²) in [6.07, 6.45) is 15.2. The number of carbonyl (C=O) groups excluding carboxylic acids is 2. The zero-order valence-corrected chi connectivity index (χ0v) is 21.4. The molecule has 5 heteroatoms. The van der Waals surface area contributed by atoms with Gasteiger partial charge in [-0.3, -0.25) is 23.6 Å². The number of fused-ring (bicyclic) bond motifs is 1. The summed E-state index contributed by atoms with van der Waals surface area (Å²) in [6.45, 7) is 12.9. The Balaban J connectivity index is 0.000000579. The minimum absolute atomic E-state index is 0. The van der Waals surface area contributed by atoms with E-state index in [9.17, 15) is 0 Å². The Bertz CT molecular complexity index is 847. The average molecular weight is 524 g/mol. The van der Waals surface area contributed by atoms with Crippen LogP contribution in [0.5, 0.6) is 0 Å². The Morgan fingerprint density at radius 1 is 0.788 bits per heavy atom. The van der Waals surface area contributed by atoms with Gasteiger partial charge in [0.25, 0.3) is 0 Å². The maximum absolute atomic E-state index is 7.75. The summed E-state index contributed by atoms with van der Waals surface area (Å²) in [5, 5.41) is 0. The maximum atomic E-state index is 7.75. The van der Waals surface area contributed by atoms with Crippen molar-refractivity contribution in [3.63, 3.8) is 0 Å². The number of aryl methyl sites for hydroxylation is 2. The summed E-state index contributed by atoms with van der Waals surface area (Å²) in [7, 11) is 0. The predicted octanol–water partition coefficient (Wildman–Crippen LogP) is 6.59. The van der Waals surface area contributed by atoms with Crippen LogP contribution in [-0.4, -0.2) is 26.0 Å². The Hall–Kier alpha value is -2.71. The molecule has 0 aliphatic heterocycles. The van der Waals surface area contributed by atoms with E-state index in [4.69, 9.17) is 9.59 Å². The van der Waals surface area contributed by atoms with Crippen LogP contribution in [0.1, 0.15) is 30.9 Å². The summed E-state index contributed by atoms with van der Waals surface area (Å²) in [5.41, 5.74) is 4.36. The SMILES string of the molecule is C[C-]1CCC2C=CC=C[C@@H]12.Cc1ccc(N=CC=Nc2ccc(C)cc2)cc1.[CH-]=O.[CH-]=O.[Mo+3]. The molecule has 0 amide bonds. The molecule has 2 atom stereocenters. The molecule has 4 nitrogen and oxygen atoms in total. The monoisotopic (exact) mass is 525 g/mol. The van der Waals surface area contributed by atoms with E-state index in [2.05, 4.69) is 68.6 Å². The van der Waals surface area contributed by atoms with Crippen LogP contribution in [0, 0.1) is 31.6 Å². The molecule has 0 aromatic heterocycles. The quantitative estimate of drug-likeness (QED) is 0.197. The van der Waals surface area contributed by atoms with Crippen molar-refractivity contribution in [1.82, 2.24) is 0 Å². The number of benzene rings is 2. The minimum atomic E-state index is 0. The van der Waals surface area contributed by atoms with Gasteiger partial charge in [0.15, 0.2) is 0 Å². The molecule has 2 aliphatic rings. The van der Waals surface area contributed by atoms with Crippen LogP contribution in [0.4, 0.5) is 11.4 Å². The number of rotatable bonds is 3. The van der Waals surface area contributed by atoms with Gasteiger partial charge in [-0.25, -0.2) is 0 Å². The van der Waals surface area contributed by atoms with Gasteiger partial charge in [-0.05, 0) is 44.0 Å². The normalized spacial score (nSPS) is 18.2. The molecule has 0 bridgehead atoms. The number of allylic oxidation sites excluding steroid dienone is 4. The average Bonchev–Trinajstić information content (AvgIpc) is 3.23. The standard InChI is InChI=1S/C16H16N2.C10H13.2CHO.Mo/c1-13-3-7-15(8-4-13)17-11-12-18-16-9-5-14(2)6-10-16;1-8-6-7-9-4-2-3-5-10(8)9;2*1-2;/h3-12H,1-2H3;2-5,9-10H,6-7H2,1H3;2*1H;/q;3*-1;+3/t;9?,10-;;;/m.0.../s1. The van der Waals surface area contributed by atoms with Crippen LogP contribution in [0.25, 0.3) is 0 Å². The molecular weight excluding hydrogens is 492 g/mol. The molecule has 0 saturated heterocycles. The fraction of sp³-hybridized carbons (Fsp3) is 0.250. The summed E-state index contributed by atoms with van der Waals surface area (Å²) >= 11 is 0. The molecule has 1 radical (unpaired) electrons.